The van der Waals surface area contributed by atoms with E-state index in [-0.39, 0.29) is 12.1 Å². The van der Waals surface area contributed by atoms with Gasteiger partial charge in [0.05, 0.1) is 19.3 Å². The zero-order valence-corrected chi connectivity index (χ0v) is 13.5. The molecule has 1 rings (SSSR count). The predicted octanol–water partition coefficient (Wildman–Crippen LogP) is -0.0529. The molecule has 0 aromatic carbocycles. The number of aryl methyl sites for hydroxylation is 1. The molecule has 0 aliphatic rings. The number of carbonyl (C=O) groups is 2. The normalized spacial score (nSPS) is 11.8. The van der Waals surface area contributed by atoms with Gasteiger partial charge in [-0.25, -0.2) is 14.2 Å². The Morgan fingerprint density at radius 1 is 1.39 bits per heavy atom. The number of nitrogens with one attached hydrogen (secondary N) is 3. The summed E-state index contributed by atoms with van der Waals surface area (Å²) in [6.45, 7) is 5.25. The van der Waals surface area contributed by atoms with Gasteiger partial charge in [-0.1, -0.05) is 13.3 Å². The van der Waals surface area contributed by atoms with Crippen molar-refractivity contribution in [2.24, 2.45) is 0 Å². The van der Waals surface area contributed by atoms with Crippen molar-refractivity contribution >= 4 is 12.0 Å². The molecule has 0 radical (unpaired) electrons. The van der Waals surface area contributed by atoms with Crippen LogP contribution in [-0.4, -0.2) is 40.9 Å². The Kier molecular flexibility index (Phi) is 7.20. The lowest BCUT2D eigenvalue weighted by Gasteiger charge is -2.15. The third-order valence-corrected chi connectivity index (χ3v) is 3.01. The number of rotatable bonds is 7. The average Bonchev–Trinajstić information content (AvgIpc) is 2.48. The maximum Gasteiger partial charge on any atom is 0.408 e. The fourth-order valence-electron chi connectivity index (χ4n) is 1.66. The molecule has 1 heterocycles. The first-order chi connectivity index (χ1) is 10.8. The van der Waals surface area contributed by atoms with E-state index in [4.69, 9.17) is 4.74 Å². The number of ether oxygens (including phenoxy) is 1. The number of aromatic nitrogens is 2. The van der Waals surface area contributed by atoms with Crippen LogP contribution in [0.5, 0.6) is 0 Å². The number of nitrogens with zero attached hydrogens (tertiary/aromatic N) is 1. The van der Waals surface area contributed by atoms with Gasteiger partial charge in [-0.15, -0.1) is 0 Å². The van der Waals surface area contributed by atoms with Crippen molar-refractivity contribution < 1.29 is 14.3 Å². The number of unbranched alkanes of at least 4 members (excludes halogenated alkanes) is 1. The Morgan fingerprint density at radius 3 is 2.74 bits per heavy atom. The van der Waals surface area contributed by atoms with Crippen molar-refractivity contribution in [3.05, 3.63) is 32.6 Å². The van der Waals surface area contributed by atoms with E-state index in [9.17, 15) is 19.2 Å². The SMILES string of the molecule is CCCCOC(=O)NC(C)NCC(=O)n1cc(C)c(=O)[nH]c1=O. The molecule has 0 bridgehead atoms. The van der Waals surface area contributed by atoms with Gasteiger partial charge in [0.1, 0.15) is 0 Å². The smallest absolute Gasteiger partial charge is 0.408 e. The van der Waals surface area contributed by atoms with Gasteiger partial charge in [0.2, 0.25) is 5.91 Å². The standard InChI is InChI=1S/C14H22N4O5/c1-4-5-6-23-14(22)16-10(3)15-7-11(19)18-8-9(2)12(20)17-13(18)21/h8,10,15H,4-7H2,1-3H3,(H,16,22)(H,17,20,21). The molecule has 0 aliphatic carbocycles. The summed E-state index contributed by atoms with van der Waals surface area (Å²) in [6.07, 6.45) is 1.78. The van der Waals surface area contributed by atoms with Crippen molar-refractivity contribution in [3.63, 3.8) is 0 Å². The van der Waals surface area contributed by atoms with Crippen LogP contribution in [-0.2, 0) is 4.74 Å². The summed E-state index contributed by atoms with van der Waals surface area (Å²) in [5.74, 6) is -0.553. The summed E-state index contributed by atoms with van der Waals surface area (Å²) in [7, 11) is 0. The first kappa shape index (κ1) is 18.6. The molecule has 1 aromatic rings. The molecule has 9 heteroatoms. The molecule has 0 spiro atoms. The van der Waals surface area contributed by atoms with Gasteiger partial charge in [0.15, 0.2) is 0 Å². The molecule has 1 atom stereocenters. The Bertz CT molecular complexity index is 664. The Balaban J connectivity index is 2.50. The average molecular weight is 326 g/mol. The molecule has 1 amide bonds. The minimum atomic E-state index is -0.799. The molecule has 0 fully saturated rings. The maximum atomic E-state index is 12.0. The first-order valence-electron chi connectivity index (χ1n) is 7.37. The summed E-state index contributed by atoms with van der Waals surface area (Å²) in [5, 5.41) is 5.26. The van der Waals surface area contributed by atoms with Gasteiger partial charge in [0, 0.05) is 11.8 Å². The number of hydrogen-bond acceptors (Lipinski definition) is 6. The van der Waals surface area contributed by atoms with Gasteiger partial charge < -0.3 is 10.1 Å². The van der Waals surface area contributed by atoms with E-state index in [2.05, 4.69) is 10.6 Å². The minimum absolute atomic E-state index is 0.193. The number of aromatic amines is 1. The summed E-state index contributed by atoms with van der Waals surface area (Å²) in [6, 6.07) is 0. The van der Waals surface area contributed by atoms with Crippen molar-refractivity contribution in [1.29, 1.82) is 0 Å². The van der Waals surface area contributed by atoms with Crippen LogP contribution in [0.2, 0.25) is 0 Å². The zero-order valence-electron chi connectivity index (χ0n) is 13.5. The molecule has 128 valence electrons. The summed E-state index contributed by atoms with van der Waals surface area (Å²) in [5.41, 5.74) is -1.08. The van der Waals surface area contributed by atoms with Crippen molar-refractivity contribution in [1.82, 2.24) is 20.2 Å². The van der Waals surface area contributed by atoms with E-state index in [0.29, 0.717) is 6.61 Å². The molecular formula is C14H22N4O5. The Morgan fingerprint density at radius 2 is 2.09 bits per heavy atom. The Hall–Kier alpha value is -2.42. The zero-order chi connectivity index (χ0) is 17.4. The highest BCUT2D eigenvalue weighted by Crippen LogP contribution is 1.89. The lowest BCUT2D eigenvalue weighted by molar-refractivity contribution is 0.0897. The van der Waals surface area contributed by atoms with Crippen LogP contribution in [0.15, 0.2) is 15.8 Å². The molecule has 9 nitrogen and oxygen atoms in total. The van der Waals surface area contributed by atoms with Crippen molar-refractivity contribution in [2.45, 2.75) is 39.8 Å². The van der Waals surface area contributed by atoms with Gasteiger partial charge in [0.25, 0.3) is 5.56 Å². The predicted molar refractivity (Wildman–Crippen MR) is 83.5 cm³/mol. The second kappa shape index (κ2) is 8.89. The van der Waals surface area contributed by atoms with E-state index in [1.54, 1.807) is 6.92 Å². The third-order valence-electron chi connectivity index (χ3n) is 3.01. The lowest BCUT2D eigenvalue weighted by Crippen LogP contribution is -2.47. The molecule has 1 unspecified atom stereocenters. The maximum absolute atomic E-state index is 12.0. The molecule has 23 heavy (non-hydrogen) atoms. The van der Waals surface area contributed by atoms with Crippen LogP contribution in [0.4, 0.5) is 4.79 Å². The van der Waals surface area contributed by atoms with Gasteiger partial charge in [-0.3, -0.25) is 19.9 Å². The van der Waals surface area contributed by atoms with Crippen LogP contribution < -0.4 is 21.9 Å². The van der Waals surface area contributed by atoms with E-state index >= 15 is 0 Å². The van der Waals surface area contributed by atoms with Gasteiger partial charge >= 0.3 is 11.8 Å². The number of alkyl carbamates (subject to hydrolysis) is 1. The lowest BCUT2D eigenvalue weighted by atomic mass is 10.4. The van der Waals surface area contributed by atoms with Crippen LogP contribution in [0.25, 0.3) is 0 Å². The van der Waals surface area contributed by atoms with Gasteiger partial charge in [-0.2, -0.15) is 0 Å². The minimum Gasteiger partial charge on any atom is -0.450 e. The van der Waals surface area contributed by atoms with Crippen molar-refractivity contribution in [2.75, 3.05) is 13.2 Å². The highest BCUT2D eigenvalue weighted by molar-refractivity contribution is 5.80. The number of hydrogen-bond donors (Lipinski definition) is 3. The molecule has 0 saturated heterocycles. The molecule has 3 N–H and O–H groups in total. The van der Waals surface area contributed by atoms with Crippen LogP contribution in [0.1, 0.15) is 37.0 Å². The number of carbonyl (C=O) groups excluding carboxylic acids is 2. The van der Waals surface area contributed by atoms with Crippen LogP contribution in [0, 0.1) is 6.92 Å². The van der Waals surface area contributed by atoms with Crippen molar-refractivity contribution in [3.8, 4) is 0 Å². The molecule has 0 saturated carbocycles. The second-order valence-electron chi connectivity index (χ2n) is 5.07. The highest BCUT2D eigenvalue weighted by Gasteiger charge is 2.12. The second-order valence-corrected chi connectivity index (χ2v) is 5.07. The highest BCUT2D eigenvalue weighted by atomic mass is 16.5. The molecule has 0 aliphatic heterocycles. The van der Waals surface area contributed by atoms with E-state index in [0.717, 1.165) is 17.4 Å². The fraction of sp³-hybridized carbons (Fsp3) is 0.571. The van der Waals surface area contributed by atoms with E-state index in [1.165, 1.54) is 13.1 Å². The fourth-order valence-corrected chi connectivity index (χ4v) is 1.66. The quantitative estimate of drug-likeness (QED) is 0.477. The number of amides is 1. The molecular weight excluding hydrogens is 304 g/mol. The topological polar surface area (TPSA) is 122 Å². The summed E-state index contributed by atoms with van der Waals surface area (Å²) in [4.78, 5) is 48.3. The van der Waals surface area contributed by atoms with Crippen LogP contribution >= 0.6 is 0 Å². The molecule has 1 aromatic heterocycles. The number of H-pyrrole nitrogens is 1. The first-order valence-corrected chi connectivity index (χ1v) is 7.37. The largest absolute Gasteiger partial charge is 0.450 e. The van der Waals surface area contributed by atoms with Crippen LogP contribution in [0.3, 0.4) is 0 Å². The van der Waals surface area contributed by atoms with Gasteiger partial charge in [-0.05, 0) is 20.3 Å². The summed E-state index contributed by atoms with van der Waals surface area (Å²) < 4.78 is 5.74. The monoisotopic (exact) mass is 326 g/mol. The summed E-state index contributed by atoms with van der Waals surface area (Å²) >= 11 is 0. The van der Waals surface area contributed by atoms with E-state index < -0.39 is 29.4 Å². The van der Waals surface area contributed by atoms with E-state index in [1.807, 2.05) is 11.9 Å². The third kappa shape index (κ3) is 6.07. The Labute approximate surface area is 133 Å².